The minimum atomic E-state index is -0.0492. The third kappa shape index (κ3) is 3.03. The van der Waals surface area contributed by atoms with E-state index < -0.39 is 0 Å². The first kappa shape index (κ1) is 14.9. The van der Waals surface area contributed by atoms with Crippen molar-refractivity contribution in [2.24, 2.45) is 0 Å². The highest BCUT2D eigenvalue weighted by molar-refractivity contribution is 7.21. The van der Waals surface area contributed by atoms with E-state index in [0.29, 0.717) is 13.1 Å². The van der Waals surface area contributed by atoms with E-state index in [9.17, 15) is 4.79 Å². The van der Waals surface area contributed by atoms with Crippen molar-refractivity contribution in [3.05, 3.63) is 48.7 Å². The molecule has 0 bridgehead atoms. The van der Waals surface area contributed by atoms with E-state index in [4.69, 9.17) is 0 Å². The zero-order valence-corrected chi connectivity index (χ0v) is 13.9. The second-order valence-electron chi connectivity index (χ2n) is 5.59. The normalized spacial score (nSPS) is 14.8. The fraction of sp³-hybridized carbons (Fsp3) is 0.235. The van der Waals surface area contributed by atoms with Crippen LogP contribution in [0.25, 0.3) is 10.3 Å². The summed E-state index contributed by atoms with van der Waals surface area (Å²) in [7, 11) is 0. The summed E-state index contributed by atoms with van der Waals surface area (Å²) in [5.74, 6) is 0. The number of amides is 2. The third-order valence-corrected chi connectivity index (χ3v) is 5.06. The molecule has 1 saturated heterocycles. The summed E-state index contributed by atoms with van der Waals surface area (Å²) in [6.45, 7) is 2.92. The predicted molar refractivity (Wildman–Crippen MR) is 96.7 cm³/mol. The summed E-state index contributed by atoms with van der Waals surface area (Å²) in [5, 5.41) is 3.91. The number of fused-ring (bicyclic) bond motifs is 1. The number of benzene rings is 1. The number of hydrogen-bond acceptors (Lipinski definition) is 5. The minimum absolute atomic E-state index is 0.0492. The molecule has 0 radical (unpaired) electrons. The van der Waals surface area contributed by atoms with E-state index in [0.717, 1.165) is 34.3 Å². The van der Waals surface area contributed by atoms with Crippen LogP contribution in [0.15, 0.2) is 48.7 Å². The number of aromatic nitrogens is 2. The molecule has 1 aliphatic rings. The molecule has 0 saturated carbocycles. The number of para-hydroxylation sites is 1. The topological polar surface area (TPSA) is 61.4 Å². The number of carbonyl (C=O) groups is 1. The van der Waals surface area contributed by atoms with Crippen molar-refractivity contribution in [3.63, 3.8) is 0 Å². The van der Waals surface area contributed by atoms with Gasteiger partial charge in [0.2, 0.25) is 0 Å². The molecule has 1 aliphatic heterocycles. The third-order valence-electron chi connectivity index (χ3n) is 4.02. The molecule has 122 valence electrons. The Hall–Kier alpha value is -2.67. The molecular formula is C17H17N5OS. The molecule has 3 heterocycles. The second-order valence-corrected chi connectivity index (χ2v) is 6.55. The smallest absolute Gasteiger partial charge is 0.321 e. The first-order valence-electron chi connectivity index (χ1n) is 7.87. The largest absolute Gasteiger partial charge is 0.344 e. The van der Waals surface area contributed by atoms with Crippen LogP contribution in [0.4, 0.5) is 15.6 Å². The Morgan fingerprint density at radius 1 is 1.04 bits per heavy atom. The summed E-state index contributed by atoms with van der Waals surface area (Å²) in [4.78, 5) is 26.3. The van der Waals surface area contributed by atoms with Gasteiger partial charge >= 0.3 is 6.03 Å². The standard InChI is InChI=1S/C17H17N5OS/c23-16(19-13-5-2-1-3-6-13)21-9-11-22(12-10-21)17-20-14-7-4-8-18-15(14)24-17/h1-8H,9-12H2,(H,19,23). The Labute approximate surface area is 143 Å². The second kappa shape index (κ2) is 6.45. The Morgan fingerprint density at radius 2 is 1.83 bits per heavy atom. The van der Waals surface area contributed by atoms with E-state index in [1.807, 2.05) is 47.4 Å². The van der Waals surface area contributed by atoms with Crippen LogP contribution in [-0.4, -0.2) is 47.1 Å². The van der Waals surface area contributed by atoms with Crippen molar-refractivity contribution >= 4 is 38.5 Å². The highest BCUT2D eigenvalue weighted by atomic mass is 32.1. The molecule has 7 heteroatoms. The lowest BCUT2D eigenvalue weighted by molar-refractivity contribution is 0.208. The van der Waals surface area contributed by atoms with Crippen LogP contribution in [0.1, 0.15) is 0 Å². The molecule has 2 amide bonds. The van der Waals surface area contributed by atoms with Crippen molar-refractivity contribution in [3.8, 4) is 0 Å². The van der Waals surface area contributed by atoms with Gasteiger partial charge < -0.3 is 15.1 Å². The molecule has 6 nitrogen and oxygen atoms in total. The Bertz CT molecular complexity index is 809. The number of pyridine rings is 1. The molecule has 4 rings (SSSR count). The molecule has 1 aromatic carbocycles. The van der Waals surface area contributed by atoms with Crippen LogP contribution in [0.5, 0.6) is 0 Å². The Kier molecular flexibility index (Phi) is 4.00. The predicted octanol–water partition coefficient (Wildman–Crippen LogP) is 3.05. The fourth-order valence-electron chi connectivity index (χ4n) is 2.72. The van der Waals surface area contributed by atoms with Crippen LogP contribution in [0.2, 0.25) is 0 Å². The van der Waals surface area contributed by atoms with Gasteiger partial charge in [0, 0.05) is 38.1 Å². The van der Waals surface area contributed by atoms with Gasteiger partial charge in [0.15, 0.2) is 5.13 Å². The molecule has 0 aliphatic carbocycles. The number of anilines is 2. The summed E-state index contributed by atoms with van der Waals surface area (Å²) in [5.41, 5.74) is 1.75. The number of nitrogens with one attached hydrogen (secondary N) is 1. The van der Waals surface area contributed by atoms with Crippen molar-refractivity contribution in [1.29, 1.82) is 0 Å². The van der Waals surface area contributed by atoms with Crippen molar-refractivity contribution < 1.29 is 4.79 Å². The Balaban J connectivity index is 1.38. The first-order chi connectivity index (χ1) is 11.8. The average molecular weight is 339 g/mol. The number of hydrogen-bond donors (Lipinski definition) is 1. The highest BCUT2D eigenvalue weighted by Gasteiger charge is 2.23. The van der Waals surface area contributed by atoms with Gasteiger partial charge in [0.05, 0.1) is 0 Å². The molecule has 1 fully saturated rings. The summed E-state index contributed by atoms with van der Waals surface area (Å²) in [6, 6.07) is 13.4. The number of carbonyl (C=O) groups excluding carboxylic acids is 1. The van der Waals surface area contributed by atoms with Crippen LogP contribution < -0.4 is 10.2 Å². The van der Waals surface area contributed by atoms with Gasteiger partial charge in [-0.15, -0.1) is 0 Å². The van der Waals surface area contributed by atoms with Gasteiger partial charge in [-0.1, -0.05) is 29.5 Å². The number of nitrogens with zero attached hydrogens (tertiary/aromatic N) is 4. The maximum atomic E-state index is 12.3. The maximum Gasteiger partial charge on any atom is 0.321 e. The van der Waals surface area contributed by atoms with E-state index >= 15 is 0 Å². The zero-order chi connectivity index (χ0) is 16.4. The summed E-state index contributed by atoms with van der Waals surface area (Å²) >= 11 is 1.60. The van der Waals surface area contributed by atoms with E-state index in [-0.39, 0.29) is 6.03 Å². The van der Waals surface area contributed by atoms with Gasteiger partial charge in [0.1, 0.15) is 10.3 Å². The van der Waals surface area contributed by atoms with E-state index in [2.05, 4.69) is 20.2 Å². The van der Waals surface area contributed by atoms with Gasteiger partial charge in [-0.25, -0.2) is 14.8 Å². The Morgan fingerprint density at radius 3 is 2.58 bits per heavy atom. The quantitative estimate of drug-likeness (QED) is 0.779. The summed E-state index contributed by atoms with van der Waals surface area (Å²) < 4.78 is 0. The first-order valence-corrected chi connectivity index (χ1v) is 8.69. The van der Waals surface area contributed by atoms with Crippen LogP contribution in [-0.2, 0) is 0 Å². The molecule has 3 aromatic rings. The van der Waals surface area contributed by atoms with Gasteiger partial charge in [-0.3, -0.25) is 0 Å². The zero-order valence-electron chi connectivity index (χ0n) is 13.1. The summed E-state index contributed by atoms with van der Waals surface area (Å²) in [6.07, 6.45) is 1.79. The van der Waals surface area contributed by atoms with E-state index in [1.54, 1.807) is 17.5 Å². The minimum Gasteiger partial charge on any atom is -0.344 e. The monoisotopic (exact) mass is 339 g/mol. The lowest BCUT2D eigenvalue weighted by atomic mass is 10.3. The molecule has 0 spiro atoms. The van der Waals surface area contributed by atoms with Crippen LogP contribution in [0, 0.1) is 0 Å². The highest BCUT2D eigenvalue weighted by Crippen LogP contribution is 2.27. The van der Waals surface area contributed by atoms with Crippen LogP contribution >= 0.6 is 11.3 Å². The van der Waals surface area contributed by atoms with Gasteiger partial charge in [-0.05, 0) is 24.3 Å². The fourth-order valence-corrected chi connectivity index (χ4v) is 3.68. The number of piperazine rings is 1. The van der Waals surface area contributed by atoms with Crippen molar-refractivity contribution in [2.75, 3.05) is 36.4 Å². The average Bonchev–Trinajstić information content (AvgIpc) is 3.07. The van der Waals surface area contributed by atoms with Gasteiger partial charge in [-0.2, -0.15) is 0 Å². The van der Waals surface area contributed by atoms with Crippen molar-refractivity contribution in [1.82, 2.24) is 14.9 Å². The van der Waals surface area contributed by atoms with E-state index in [1.165, 1.54) is 0 Å². The lowest BCUT2D eigenvalue weighted by Crippen LogP contribution is -2.50. The molecule has 2 aromatic heterocycles. The number of thiazole rings is 1. The number of rotatable bonds is 2. The molecule has 0 unspecified atom stereocenters. The maximum absolute atomic E-state index is 12.3. The van der Waals surface area contributed by atoms with Gasteiger partial charge in [0.25, 0.3) is 0 Å². The van der Waals surface area contributed by atoms with Crippen LogP contribution in [0.3, 0.4) is 0 Å². The molecular weight excluding hydrogens is 322 g/mol. The number of urea groups is 1. The lowest BCUT2D eigenvalue weighted by Gasteiger charge is -2.34. The molecule has 24 heavy (non-hydrogen) atoms. The molecule has 0 atom stereocenters. The molecule has 1 N–H and O–H groups in total. The van der Waals surface area contributed by atoms with Crippen molar-refractivity contribution in [2.45, 2.75) is 0 Å². The SMILES string of the molecule is O=C(Nc1ccccc1)N1CCN(c2nc3cccnc3s2)CC1.